The van der Waals surface area contributed by atoms with E-state index in [-0.39, 0.29) is 46.6 Å². The number of alkyl halides is 4. The maximum atomic E-state index is 14.6. The zero-order valence-corrected chi connectivity index (χ0v) is 24.3. The molecule has 0 aliphatic rings. The summed E-state index contributed by atoms with van der Waals surface area (Å²) in [4.78, 5) is 51.0. The van der Waals surface area contributed by atoms with Crippen LogP contribution < -0.4 is 16.0 Å². The standard InChI is InChI=1S/C30H28F6N4O6/c1-17-13-21(29(31,40(35)36)30(32,33)34)14-18(2)25(17)38-26(42)20-9-6-10-22(15-20)39(27(43)19-7-4-3-5-8-19)12-11-24(41)46-16-23(37)28(44)45/h3-10,13-15,23H,11-12,16,37H2,1-2H3,(H,38,42)(H,44,45). The van der Waals surface area contributed by atoms with E-state index in [1.807, 2.05) is 0 Å². The summed E-state index contributed by atoms with van der Waals surface area (Å²) in [6, 6.07) is 13.1. The van der Waals surface area contributed by atoms with Gasteiger partial charge in [0.2, 0.25) is 0 Å². The minimum Gasteiger partial charge on any atom is -0.480 e. The first-order chi connectivity index (χ1) is 21.5. The van der Waals surface area contributed by atoms with Crippen LogP contribution in [-0.4, -0.2) is 59.6 Å². The van der Waals surface area contributed by atoms with Crippen molar-refractivity contribution in [2.75, 3.05) is 23.4 Å². The fourth-order valence-electron chi connectivity index (χ4n) is 4.32. The number of amides is 2. The molecule has 0 fully saturated rings. The Morgan fingerprint density at radius 3 is 2.04 bits per heavy atom. The van der Waals surface area contributed by atoms with Gasteiger partial charge >= 0.3 is 23.9 Å². The van der Waals surface area contributed by atoms with Crippen LogP contribution in [0.4, 0.5) is 37.9 Å². The third kappa shape index (κ3) is 8.00. The molecule has 2 atom stereocenters. The molecule has 246 valence electrons. The van der Waals surface area contributed by atoms with Gasteiger partial charge in [-0.15, -0.1) is 0 Å². The maximum absolute atomic E-state index is 14.6. The Morgan fingerprint density at radius 1 is 0.913 bits per heavy atom. The summed E-state index contributed by atoms with van der Waals surface area (Å²) in [5, 5.41) is 8.76. The van der Waals surface area contributed by atoms with E-state index in [1.54, 1.807) is 18.2 Å². The number of carboxylic acids is 1. The number of esters is 1. The highest BCUT2D eigenvalue weighted by Crippen LogP contribution is 2.47. The number of aryl methyl sites for hydroxylation is 2. The molecular weight excluding hydrogens is 626 g/mol. The van der Waals surface area contributed by atoms with E-state index in [2.05, 4.69) is 5.32 Å². The number of carboxylic acid groups (broad SMARTS) is 1. The van der Waals surface area contributed by atoms with E-state index in [9.17, 15) is 45.7 Å². The van der Waals surface area contributed by atoms with E-state index in [0.29, 0.717) is 12.1 Å². The number of aliphatic carboxylic acids is 1. The number of ether oxygens (including phenoxy) is 1. The van der Waals surface area contributed by atoms with Crippen LogP contribution in [0, 0.1) is 13.8 Å². The van der Waals surface area contributed by atoms with Gasteiger partial charge in [-0.1, -0.05) is 33.2 Å². The molecule has 3 rings (SSSR count). The molecule has 16 heteroatoms. The van der Waals surface area contributed by atoms with Gasteiger partial charge in [0, 0.05) is 34.6 Å². The summed E-state index contributed by atoms with van der Waals surface area (Å²) in [5.41, 5.74) is 3.93. The van der Waals surface area contributed by atoms with Crippen molar-refractivity contribution in [2.24, 2.45) is 5.73 Å². The second kappa shape index (κ2) is 14.4. The van der Waals surface area contributed by atoms with Gasteiger partial charge < -0.3 is 25.8 Å². The Balaban J connectivity index is 1.89. The van der Waals surface area contributed by atoms with Crippen LogP contribution in [0.25, 0.3) is 0 Å². The van der Waals surface area contributed by atoms with Crippen LogP contribution >= 0.6 is 0 Å². The SMILES string of the molecule is Cc1cc(C(F)(N(F)F)C(F)(F)F)cc(C)c1NC(=O)c1cccc(N(CCC(=O)OCC(N)C(=O)O)C(=O)c2ccccc2)c1. The lowest BCUT2D eigenvalue weighted by molar-refractivity contribution is -0.388. The molecule has 0 spiro atoms. The largest absolute Gasteiger partial charge is 0.480 e. The van der Waals surface area contributed by atoms with Crippen LogP contribution in [0.1, 0.15) is 43.8 Å². The summed E-state index contributed by atoms with van der Waals surface area (Å²) >= 11 is 0. The number of halogens is 6. The Labute approximate surface area is 258 Å². The Bertz CT molecular complexity index is 1580. The Morgan fingerprint density at radius 2 is 1.50 bits per heavy atom. The molecule has 3 aromatic rings. The van der Waals surface area contributed by atoms with Crippen LogP contribution in [0.3, 0.4) is 0 Å². The lowest BCUT2D eigenvalue weighted by Gasteiger charge is -2.28. The molecule has 0 saturated carbocycles. The molecule has 0 aliphatic carbocycles. The van der Waals surface area contributed by atoms with Crippen LogP contribution in [0.15, 0.2) is 66.7 Å². The first kappa shape index (κ1) is 35.5. The number of nitrogens with two attached hydrogens (primary N) is 1. The van der Waals surface area contributed by atoms with E-state index in [1.165, 1.54) is 55.1 Å². The van der Waals surface area contributed by atoms with Crippen molar-refractivity contribution in [1.29, 1.82) is 0 Å². The first-order valence-corrected chi connectivity index (χ1v) is 13.4. The lowest BCUT2D eigenvalue weighted by Crippen LogP contribution is -2.46. The van der Waals surface area contributed by atoms with Crippen molar-refractivity contribution >= 4 is 35.1 Å². The highest BCUT2D eigenvalue weighted by molar-refractivity contribution is 6.09. The zero-order chi connectivity index (χ0) is 34.4. The van der Waals surface area contributed by atoms with Crippen molar-refractivity contribution in [3.8, 4) is 0 Å². The highest BCUT2D eigenvalue weighted by Gasteiger charge is 2.64. The summed E-state index contributed by atoms with van der Waals surface area (Å²) in [6.07, 6.45) is -6.36. The molecule has 0 bridgehead atoms. The average molecular weight is 655 g/mol. The summed E-state index contributed by atoms with van der Waals surface area (Å²) in [5.74, 6) is -8.70. The number of benzene rings is 3. The molecule has 0 aliphatic heterocycles. The summed E-state index contributed by atoms with van der Waals surface area (Å²) in [7, 11) is 0. The predicted octanol–water partition coefficient (Wildman–Crippen LogP) is 5.30. The Hall–Kier alpha value is -4.96. The number of hydrogen-bond donors (Lipinski definition) is 3. The number of nitrogens with zero attached hydrogens (tertiary/aromatic N) is 2. The van der Waals surface area contributed by atoms with Gasteiger partial charge in [0.25, 0.3) is 11.8 Å². The van der Waals surface area contributed by atoms with Crippen molar-refractivity contribution in [2.45, 2.75) is 38.3 Å². The lowest BCUT2D eigenvalue weighted by atomic mass is 9.97. The zero-order valence-electron chi connectivity index (χ0n) is 24.3. The fourth-order valence-corrected chi connectivity index (χ4v) is 4.32. The second-order valence-electron chi connectivity index (χ2n) is 10.0. The van der Waals surface area contributed by atoms with Crippen molar-refractivity contribution in [3.05, 3.63) is 94.5 Å². The van der Waals surface area contributed by atoms with E-state index >= 15 is 0 Å². The molecule has 3 aromatic carbocycles. The van der Waals surface area contributed by atoms with E-state index in [4.69, 9.17) is 15.6 Å². The Kier molecular flexibility index (Phi) is 11.1. The van der Waals surface area contributed by atoms with Gasteiger partial charge in [-0.25, -0.2) is 4.39 Å². The topological polar surface area (TPSA) is 142 Å². The quantitative estimate of drug-likeness (QED) is 0.103. The monoisotopic (exact) mass is 654 g/mol. The normalized spacial score (nSPS) is 13.4. The van der Waals surface area contributed by atoms with Gasteiger partial charge in [0.1, 0.15) is 12.6 Å². The first-order valence-electron chi connectivity index (χ1n) is 13.4. The van der Waals surface area contributed by atoms with Crippen molar-refractivity contribution in [3.63, 3.8) is 0 Å². The van der Waals surface area contributed by atoms with Gasteiger partial charge in [0.15, 0.2) is 0 Å². The number of anilines is 2. The molecule has 0 aromatic heterocycles. The van der Waals surface area contributed by atoms with Crippen LogP contribution in [0.5, 0.6) is 0 Å². The highest BCUT2D eigenvalue weighted by atomic mass is 19.4. The molecule has 2 amide bonds. The minimum atomic E-state index is -5.98. The van der Waals surface area contributed by atoms with Crippen molar-refractivity contribution in [1.82, 2.24) is 5.34 Å². The van der Waals surface area contributed by atoms with E-state index < -0.39 is 59.3 Å². The molecule has 0 radical (unpaired) electrons. The maximum Gasteiger partial charge on any atom is 0.446 e. The third-order valence-corrected chi connectivity index (χ3v) is 6.73. The predicted molar refractivity (Wildman–Crippen MR) is 153 cm³/mol. The fraction of sp³-hybridized carbons (Fsp3) is 0.267. The van der Waals surface area contributed by atoms with Gasteiger partial charge in [-0.05, 0) is 67.4 Å². The molecule has 0 saturated heterocycles. The van der Waals surface area contributed by atoms with Crippen LogP contribution in [0.2, 0.25) is 0 Å². The third-order valence-electron chi connectivity index (χ3n) is 6.73. The van der Waals surface area contributed by atoms with Gasteiger partial charge in [-0.2, -0.15) is 13.2 Å². The molecule has 2 unspecified atom stereocenters. The molecule has 0 heterocycles. The second-order valence-corrected chi connectivity index (χ2v) is 10.0. The summed E-state index contributed by atoms with van der Waals surface area (Å²) < 4.78 is 85.4. The molecular formula is C30H28F6N4O6. The smallest absolute Gasteiger partial charge is 0.446 e. The number of carbonyl (C=O) groups excluding carboxylic acids is 3. The number of hydrogen-bond acceptors (Lipinski definition) is 7. The summed E-state index contributed by atoms with van der Waals surface area (Å²) in [6.45, 7) is 1.54. The van der Waals surface area contributed by atoms with Crippen LogP contribution in [-0.2, 0) is 20.1 Å². The van der Waals surface area contributed by atoms with Gasteiger partial charge in [0.05, 0.1) is 11.8 Å². The minimum absolute atomic E-state index is 0.0462. The van der Waals surface area contributed by atoms with Gasteiger partial charge in [-0.3, -0.25) is 19.2 Å². The number of nitrogens with one attached hydrogen (secondary N) is 1. The van der Waals surface area contributed by atoms with E-state index in [0.717, 1.165) is 0 Å². The molecule has 4 N–H and O–H groups in total. The molecule has 10 nitrogen and oxygen atoms in total. The van der Waals surface area contributed by atoms with Crippen molar-refractivity contribution < 1.29 is 55.5 Å². The number of rotatable bonds is 12. The molecule has 46 heavy (non-hydrogen) atoms. The average Bonchev–Trinajstić information content (AvgIpc) is 3.00. The number of carbonyl (C=O) groups is 4.